The summed E-state index contributed by atoms with van der Waals surface area (Å²) in [5.41, 5.74) is 3.40. The minimum atomic E-state index is -1.11. The fourth-order valence-corrected chi connectivity index (χ4v) is 4.40. The number of carboxylic acids is 1. The van der Waals surface area contributed by atoms with Gasteiger partial charge in [0.2, 0.25) is 5.91 Å². The first-order valence-electron chi connectivity index (χ1n) is 10.6. The lowest BCUT2D eigenvalue weighted by atomic mass is 9.76. The molecule has 0 radical (unpaired) electrons. The number of alkyl carbamates (subject to hydrolysis) is 1. The van der Waals surface area contributed by atoms with Crippen LogP contribution in [-0.4, -0.2) is 41.3 Å². The lowest BCUT2D eigenvalue weighted by Gasteiger charge is -2.40. The van der Waals surface area contributed by atoms with E-state index in [1.165, 1.54) is 0 Å². The molecule has 0 heterocycles. The first-order chi connectivity index (χ1) is 14.9. The van der Waals surface area contributed by atoms with E-state index in [1.54, 1.807) is 6.92 Å². The van der Waals surface area contributed by atoms with Crippen molar-refractivity contribution < 1.29 is 24.2 Å². The highest BCUT2D eigenvalue weighted by molar-refractivity contribution is 5.93. The summed E-state index contributed by atoms with van der Waals surface area (Å²) in [6, 6.07) is 15.2. The highest BCUT2D eigenvalue weighted by atomic mass is 16.5. The molecular weight excluding hydrogens is 396 g/mol. The Morgan fingerprint density at radius 1 is 1.06 bits per heavy atom. The summed E-state index contributed by atoms with van der Waals surface area (Å²) in [4.78, 5) is 36.5. The highest BCUT2D eigenvalue weighted by Crippen LogP contribution is 2.44. The number of fused-ring (bicyclic) bond motifs is 3. The normalized spacial score (nSPS) is 16.9. The van der Waals surface area contributed by atoms with Crippen LogP contribution in [0.2, 0.25) is 0 Å². The van der Waals surface area contributed by atoms with Crippen molar-refractivity contribution in [1.82, 2.24) is 10.6 Å². The van der Waals surface area contributed by atoms with Gasteiger partial charge in [-0.25, -0.2) is 9.59 Å². The second-order valence-corrected chi connectivity index (χ2v) is 8.16. The topological polar surface area (TPSA) is 105 Å². The van der Waals surface area contributed by atoms with E-state index in [-0.39, 0.29) is 18.9 Å². The van der Waals surface area contributed by atoms with Gasteiger partial charge in [0.15, 0.2) is 0 Å². The van der Waals surface area contributed by atoms with Crippen molar-refractivity contribution in [2.45, 2.75) is 50.1 Å². The van der Waals surface area contributed by atoms with Crippen LogP contribution in [0.25, 0.3) is 11.1 Å². The number of nitrogens with one attached hydrogen (secondary N) is 2. The van der Waals surface area contributed by atoms with Crippen molar-refractivity contribution >= 4 is 18.0 Å². The van der Waals surface area contributed by atoms with Gasteiger partial charge in [0.25, 0.3) is 0 Å². The lowest BCUT2D eigenvalue weighted by Crippen LogP contribution is -2.64. The van der Waals surface area contributed by atoms with Gasteiger partial charge in [0.1, 0.15) is 18.2 Å². The standard InChI is InChI=1S/C24H26N2O5/c1-2-20(21(27)28)25-22(29)24(12-7-13-24)26-23(30)31-14-19-17-10-5-3-8-15(17)16-9-4-6-11-18(16)19/h3-6,8-11,19-20H,2,7,12-14H2,1H3,(H,25,29)(H,26,30)(H,27,28). The van der Waals surface area contributed by atoms with Gasteiger partial charge < -0.3 is 20.5 Å². The van der Waals surface area contributed by atoms with Crippen LogP contribution in [0.5, 0.6) is 0 Å². The zero-order chi connectivity index (χ0) is 22.0. The van der Waals surface area contributed by atoms with E-state index >= 15 is 0 Å². The molecule has 2 amide bonds. The second-order valence-electron chi connectivity index (χ2n) is 8.16. The van der Waals surface area contributed by atoms with Crippen molar-refractivity contribution in [2.24, 2.45) is 0 Å². The number of hydrogen-bond acceptors (Lipinski definition) is 4. The molecular formula is C24H26N2O5. The van der Waals surface area contributed by atoms with Crippen LogP contribution >= 0.6 is 0 Å². The third kappa shape index (κ3) is 3.87. The molecule has 1 unspecified atom stereocenters. The average Bonchev–Trinajstić information content (AvgIpc) is 3.06. The molecule has 2 aliphatic carbocycles. The predicted octanol–water partition coefficient (Wildman–Crippen LogP) is 3.43. The van der Waals surface area contributed by atoms with Gasteiger partial charge >= 0.3 is 12.1 Å². The van der Waals surface area contributed by atoms with Crippen molar-refractivity contribution in [2.75, 3.05) is 6.61 Å². The van der Waals surface area contributed by atoms with Crippen molar-refractivity contribution in [3.05, 3.63) is 59.7 Å². The number of hydrogen-bond donors (Lipinski definition) is 3. The van der Waals surface area contributed by atoms with E-state index in [9.17, 15) is 19.5 Å². The minimum Gasteiger partial charge on any atom is -0.480 e. The first kappa shape index (κ1) is 20.9. The molecule has 7 nitrogen and oxygen atoms in total. The molecule has 1 fully saturated rings. The Hall–Kier alpha value is -3.35. The molecule has 1 atom stereocenters. The monoisotopic (exact) mass is 422 g/mol. The van der Waals surface area contributed by atoms with E-state index < -0.39 is 29.6 Å². The van der Waals surface area contributed by atoms with Crippen molar-refractivity contribution in [3.63, 3.8) is 0 Å². The summed E-state index contributed by atoms with van der Waals surface area (Å²) >= 11 is 0. The molecule has 1 saturated carbocycles. The third-order valence-corrected chi connectivity index (χ3v) is 6.34. The molecule has 3 N–H and O–H groups in total. The Bertz CT molecular complexity index is 969. The van der Waals surface area contributed by atoms with Gasteiger partial charge in [-0.2, -0.15) is 0 Å². The molecule has 7 heteroatoms. The summed E-state index contributed by atoms with van der Waals surface area (Å²) in [7, 11) is 0. The Kier molecular flexibility index (Phi) is 5.67. The average molecular weight is 422 g/mol. The SMILES string of the molecule is CCC(NC(=O)C1(NC(=O)OCC2c3ccccc3-c3ccccc32)CCC1)C(=O)O. The molecule has 2 aromatic rings. The van der Waals surface area contributed by atoms with E-state index in [0.717, 1.165) is 28.7 Å². The molecule has 0 aliphatic heterocycles. The Morgan fingerprint density at radius 3 is 2.13 bits per heavy atom. The second kappa shape index (κ2) is 8.41. The number of amides is 2. The van der Waals surface area contributed by atoms with Gasteiger partial charge in [-0.15, -0.1) is 0 Å². The van der Waals surface area contributed by atoms with Gasteiger partial charge in [0, 0.05) is 5.92 Å². The van der Waals surface area contributed by atoms with Crippen LogP contribution < -0.4 is 10.6 Å². The van der Waals surface area contributed by atoms with Crippen LogP contribution in [0.1, 0.15) is 49.7 Å². The van der Waals surface area contributed by atoms with Gasteiger partial charge in [0.05, 0.1) is 0 Å². The molecule has 4 rings (SSSR count). The maximum atomic E-state index is 12.7. The summed E-state index contributed by atoms with van der Waals surface area (Å²) in [6.45, 7) is 1.84. The van der Waals surface area contributed by atoms with Crippen molar-refractivity contribution in [1.29, 1.82) is 0 Å². The zero-order valence-electron chi connectivity index (χ0n) is 17.4. The van der Waals surface area contributed by atoms with Crippen LogP contribution in [0.3, 0.4) is 0 Å². The molecule has 31 heavy (non-hydrogen) atoms. The molecule has 162 valence electrons. The Balaban J connectivity index is 1.42. The highest BCUT2D eigenvalue weighted by Gasteiger charge is 2.47. The number of rotatable bonds is 7. The fourth-order valence-electron chi connectivity index (χ4n) is 4.40. The molecule has 0 spiro atoms. The maximum absolute atomic E-state index is 12.7. The third-order valence-electron chi connectivity index (χ3n) is 6.34. The van der Waals surface area contributed by atoms with E-state index in [4.69, 9.17) is 4.74 Å². The zero-order valence-corrected chi connectivity index (χ0v) is 17.4. The van der Waals surface area contributed by atoms with Crippen LogP contribution in [0.4, 0.5) is 4.79 Å². The number of benzene rings is 2. The number of carbonyl (C=O) groups is 3. The Morgan fingerprint density at radius 2 is 1.65 bits per heavy atom. The first-order valence-corrected chi connectivity index (χ1v) is 10.6. The van der Waals surface area contributed by atoms with E-state index in [2.05, 4.69) is 22.8 Å². The number of carbonyl (C=O) groups excluding carboxylic acids is 2. The fraction of sp³-hybridized carbons (Fsp3) is 0.375. The number of aliphatic carboxylic acids is 1. The van der Waals surface area contributed by atoms with Gasteiger partial charge in [-0.1, -0.05) is 55.5 Å². The summed E-state index contributed by atoms with van der Waals surface area (Å²) in [5.74, 6) is -1.63. The molecule has 0 saturated heterocycles. The largest absolute Gasteiger partial charge is 0.480 e. The van der Waals surface area contributed by atoms with Crippen molar-refractivity contribution in [3.8, 4) is 11.1 Å². The molecule has 2 aromatic carbocycles. The van der Waals surface area contributed by atoms with Gasteiger partial charge in [-0.3, -0.25) is 4.79 Å². The number of carboxylic acid groups (broad SMARTS) is 1. The summed E-state index contributed by atoms with van der Waals surface area (Å²) in [6.07, 6.45) is 1.29. The van der Waals surface area contributed by atoms with Crippen LogP contribution in [0.15, 0.2) is 48.5 Å². The Labute approximate surface area is 180 Å². The van der Waals surface area contributed by atoms with E-state index in [1.807, 2.05) is 36.4 Å². The van der Waals surface area contributed by atoms with Crippen LogP contribution in [-0.2, 0) is 14.3 Å². The predicted molar refractivity (Wildman–Crippen MR) is 115 cm³/mol. The van der Waals surface area contributed by atoms with Crippen LogP contribution in [0, 0.1) is 0 Å². The smallest absolute Gasteiger partial charge is 0.408 e. The molecule has 2 aliphatic rings. The number of ether oxygens (including phenoxy) is 1. The quantitative estimate of drug-likeness (QED) is 0.634. The van der Waals surface area contributed by atoms with Gasteiger partial charge in [-0.05, 0) is 47.9 Å². The van der Waals surface area contributed by atoms with E-state index in [0.29, 0.717) is 12.8 Å². The minimum absolute atomic E-state index is 0.0687. The summed E-state index contributed by atoms with van der Waals surface area (Å²) < 4.78 is 5.55. The molecule has 0 bridgehead atoms. The summed E-state index contributed by atoms with van der Waals surface area (Å²) in [5, 5.41) is 14.4. The maximum Gasteiger partial charge on any atom is 0.408 e. The molecule has 0 aromatic heterocycles. The lowest BCUT2D eigenvalue weighted by molar-refractivity contribution is -0.143.